The minimum atomic E-state index is -1.30. The molecule has 0 radical (unpaired) electrons. The molecule has 0 heterocycles. The third-order valence-electron chi connectivity index (χ3n) is 5.42. The number of phenols is 1. The van der Waals surface area contributed by atoms with Crippen molar-refractivity contribution in [2.75, 3.05) is 12.3 Å². The van der Waals surface area contributed by atoms with Gasteiger partial charge in [-0.05, 0) is 43.4 Å². The summed E-state index contributed by atoms with van der Waals surface area (Å²) in [6, 6.07) is 1.14. The molecule has 16 heteroatoms. The van der Waals surface area contributed by atoms with E-state index in [0.29, 0.717) is 5.56 Å². The summed E-state index contributed by atoms with van der Waals surface area (Å²) in [5, 5.41) is 26.0. The first-order valence-electron chi connectivity index (χ1n) is 12.0. The molecule has 0 aromatic heterocycles. The van der Waals surface area contributed by atoms with Crippen molar-refractivity contribution in [3.8, 4) is 5.75 Å². The van der Waals surface area contributed by atoms with E-state index in [9.17, 15) is 34.2 Å². The van der Waals surface area contributed by atoms with Crippen LogP contribution in [0.4, 0.5) is 0 Å². The highest BCUT2D eigenvalue weighted by molar-refractivity contribution is 7.80. The molecule has 0 saturated heterocycles. The van der Waals surface area contributed by atoms with E-state index in [1.807, 2.05) is 0 Å². The molecule has 4 amide bonds. The molecule has 0 aliphatic rings. The molecule has 0 spiro atoms. The Morgan fingerprint density at radius 3 is 1.97 bits per heavy atom. The molecule has 4 atom stereocenters. The summed E-state index contributed by atoms with van der Waals surface area (Å²) in [5.74, 6) is -4.67. The number of benzene rings is 1. The lowest BCUT2D eigenvalue weighted by Gasteiger charge is -2.24. The fraction of sp³-hybridized carbons (Fsp3) is 0.478. The number of hydrogen-bond donors (Lipinski definition) is 10. The zero-order valence-electron chi connectivity index (χ0n) is 21.2. The number of carbonyl (C=O) groups is 5. The quantitative estimate of drug-likeness (QED) is 0.0394. The van der Waals surface area contributed by atoms with Crippen LogP contribution in [0.5, 0.6) is 5.75 Å². The highest BCUT2D eigenvalue weighted by Gasteiger charge is 2.30. The maximum Gasteiger partial charge on any atom is 0.326 e. The van der Waals surface area contributed by atoms with E-state index in [-0.39, 0.29) is 56.1 Å². The molecular weight excluding hydrogens is 532 g/mol. The van der Waals surface area contributed by atoms with Gasteiger partial charge in [-0.15, -0.1) is 0 Å². The predicted octanol–water partition coefficient (Wildman–Crippen LogP) is -2.95. The van der Waals surface area contributed by atoms with Crippen LogP contribution in [-0.2, 0) is 30.4 Å². The van der Waals surface area contributed by atoms with Gasteiger partial charge in [-0.2, -0.15) is 12.6 Å². The van der Waals surface area contributed by atoms with Gasteiger partial charge >= 0.3 is 5.97 Å². The third-order valence-corrected chi connectivity index (χ3v) is 5.78. The van der Waals surface area contributed by atoms with Crippen LogP contribution in [0.3, 0.4) is 0 Å². The fourth-order valence-electron chi connectivity index (χ4n) is 3.31. The second kappa shape index (κ2) is 16.7. The number of carbonyl (C=O) groups excluding carboxylic acids is 4. The molecule has 0 aliphatic heterocycles. The molecule has 1 rings (SSSR count). The number of guanidine groups is 1. The van der Waals surface area contributed by atoms with Crippen molar-refractivity contribution in [2.24, 2.45) is 27.9 Å². The van der Waals surface area contributed by atoms with Crippen molar-refractivity contribution in [1.82, 2.24) is 16.0 Å². The number of carboxylic acid groups (broad SMARTS) is 1. The normalized spacial score (nSPS) is 13.7. The van der Waals surface area contributed by atoms with E-state index in [1.165, 1.54) is 12.1 Å². The molecule has 13 N–H and O–H groups in total. The van der Waals surface area contributed by atoms with Crippen molar-refractivity contribution >= 4 is 48.2 Å². The van der Waals surface area contributed by atoms with E-state index in [4.69, 9.17) is 22.9 Å². The van der Waals surface area contributed by atoms with Gasteiger partial charge in [-0.1, -0.05) is 12.1 Å². The largest absolute Gasteiger partial charge is 0.508 e. The summed E-state index contributed by atoms with van der Waals surface area (Å²) in [6.07, 6.45) is -0.0554. The van der Waals surface area contributed by atoms with Gasteiger partial charge in [0.25, 0.3) is 0 Å². The Hall–Kier alpha value is -4.05. The van der Waals surface area contributed by atoms with Gasteiger partial charge < -0.3 is 49.1 Å². The van der Waals surface area contributed by atoms with Crippen LogP contribution in [-0.4, -0.2) is 82.2 Å². The van der Waals surface area contributed by atoms with Crippen LogP contribution in [0.25, 0.3) is 0 Å². The second-order valence-corrected chi connectivity index (χ2v) is 9.00. The maximum atomic E-state index is 13.0. The number of aromatic hydroxyl groups is 1. The SMILES string of the molecule is NC(=O)CCC(NC(=O)C(N)Cc1ccc(O)cc1)C(=O)NC(CS)C(=O)NC(CCCN=C(N)N)C(=O)O. The zero-order chi connectivity index (χ0) is 29.5. The van der Waals surface area contributed by atoms with Crippen LogP contribution >= 0.6 is 12.6 Å². The van der Waals surface area contributed by atoms with Gasteiger partial charge in [0.1, 0.15) is 23.9 Å². The Morgan fingerprint density at radius 2 is 1.44 bits per heavy atom. The number of phenolic OH excluding ortho intramolecular Hbond substituents is 1. The number of hydrogen-bond acceptors (Lipinski definition) is 9. The number of thiol groups is 1. The minimum absolute atomic E-state index is 0.0152. The summed E-state index contributed by atoms with van der Waals surface area (Å²) in [4.78, 5) is 65.0. The van der Waals surface area contributed by atoms with Gasteiger partial charge in [-0.25, -0.2) is 4.79 Å². The van der Waals surface area contributed by atoms with Crippen LogP contribution < -0.4 is 38.9 Å². The number of amides is 4. The zero-order valence-corrected chi connectivity index (χ0v) is 22.1. The Morgan fingerprint density at radius 1 is 0.872 bits per heavy atom. The third kappa shape index (κ3) is 12.8. The monoisotopic (exact) mass is 568 g/mol. The average molecular weight is 569 g/mol. The Labute approximate surface area is 230 Å². The first-order valence-corrected chi connectivity index (χ1v) is 12.6. The Bertz CT molecular complexity index is 1030. The lowest BCUT2D eigenvalue weighted by atomic mass is 10.0. The van der Waals surface area contributed by atoms with Gasteiger partial charge in [-0.3, -0.25) is 24.2 Å². The molecule has 4 unspecified atom stereocenters. The van der Waals surface area contributed by atoms with Crippen LogP contribution in [0.1, 0.15) is 31.2 Å². The van der Waals surface area contributed by atoms with Crippen molar-refractivity contribution in [3.05, 3.63) is 29.8 Å². The van der Waals surface area contributed by atoms with E-state index < -0.39 is 53.8 Å². The number of primary amides is 1. The van der Waals surface area contributed by atoms with Crippen LogP contribution in [0.15, 0.2) is 29.3 Å². The minimum Gasteiger partial charge on any atom is -0.508 e. The topological polar surface area (TPSA) is 278 Å². The molecular formula is C23H36N8O7S. The highest BCUT2D eigenvalue weighted by Crippen LogP contribution is 2.11. The maximum absolute atomic E-state index is 13.0. The Balaban J connectivity index is 2.85. The number of rotatable bonds is 17. The summed E-state index contributed by atoms with van der Waals surface area (Å²) >= 11 is 4.06. The van der Waals surface area contributed by atoms with E-state index >= 15 is 0 Å². The van der Waals surface area contributed by atoms with E-state index in [2.05, 4.69) is 33.6 Å². The summed E-state index contributed by atoms with van der Waals surface area (Å²) in [6.45, 7) is 0.158. The van der Waals surface area contributed by atoms with Gasteiger partial charge in [0.15, 0.2) is 5.96 Å². The van der Waals surface area contributed by atoms with E-state index in [0.717, 1.165) is 0 Å². The van der Waals surface area contributed by atoms with Crippen molar-refractivity contribution < 1.29 is 34.2 Å². The average Bonchev–Trinajstić information content (AvgIpc) is 2.87. The van der Waals surface area contributed by atoms with Gasteiger partial charge in [0.05, 0.1) is 6.04 Å². The molecule has 216 valence electrons. The lowest BCUT2D eigenvalue weighted by molar-refractivity contribution is -0.142. The predicted molar refractivity (Wildman–Crippen MR) is 145 cm³/mol. The summed E-state index contributed by atoms with van der Waals surface area (Å²) < 4.78 is 0. The first kappa shape index (κ1) is 33.0. The molecule has 0 bridgehead atoms. The molecule has 0 saturated carbocycles. The second-order valence-electron chi connectivity index (χ2n) is 8.64. The number of carboxylic acids is 1. The number of aliphatic carboxylic acids is 1. The number of nitrogens with two attached hydrogens (primary N) is 4. The van der Waals surface area contributed by atoms with Crippen LogP contribution in [0, 0.1) is 0 Å². The molecule has 15 nitrogen and oxygen atoms in total. The van der Waals surface area contributed by atoms with Crippen molar-refractivity contribution in [2.45, 2.75) is 56.3 Å². The fourth-order valence-corrected chi connectivity index (χ4v) is 3.57. The van der Waals surface area contributed by atoms with Crippen molar-refractivity contribution in [1.29, 1.82) is 0 Å². The number of nitrogens with one attached hydrogen (secondary N) is 3. The smallest absolute Gasteiger partial charge is 0.326 e. The van der Waals surface area contributed by atoms with Crippen LogP contribution in [0.2, 0.25) is 0 Å². The Kier molecular flexibility index (Phi) is 14.1. The summed E-state index contributed by atoms with van der Waals surface area (Å²) in [5.41, 5.74) is 22.3. The molecule has 1 aromatic rings. The molecule has 1 aromatic carbocycles. The lowest BCUT2D eigenvalue weighted by Crippen LogP contribution is -2.57. The highest BCUT2D eigenvalue weighted by atomic mass is 32.1. The molecule has 0 fully saturated rings. The summed E-state index contributed by atoms with van der Waals surface area (Å²) in [7, 11) is 0. The molecule has 39 heavy (non-hydrogen) atoms. The standard InChI is InChI=1S/C23H36N8O7S/c24-14(10-12-3-5-13(32)6-4-12)19(34)29-15(7-8-18(25)33)20(35)31-17(11-39)21(36)30-16(22(37)38)2-1-9-28-23(26)27/h3-6,14-17,32,39H,1-2,7-11,24H2,(H2,25,33)(H,29,34)(H,30,36)(H,31,35)(H,37,38)(H4,26,27,28). The first-order chi connectivity index (χ1) is 18.3. The molecule has 0 aliphatic carbocycles. The van der Waals surface area contributed by atoms with Gasteiger partial charge in [0.2, 0.25) is 23.6 Å². The number of aliphatic imine (C=N–C) groups is 1. The van der Waals surface area contributed by atoms with Gasteiger partial charge in [0, 0.05) is 18.7 Å². The number of nitrogens with zero attached hydrogens (tertiary/aromatic N) is 1. The van der Waals surface area contributed by atoms with E-state index in [1.54, 1.807) is 12.1 Å². The van der Waals surface area contributed by atoms with Crippen molar-refractivity contribution in [3.63, 3.8) is 0 Å².